The Labute approximate surface area is 204 Å². The largest absolute Gasteiger partial charge is 0.458 e. The van der Waals surface area contributed by atoms with Gasteiger partial charge in [0.05, 0.1) is 6.42 Å². The lowest BCUT2D eigenvalue weighted by Gasteiger charge is -2.34. The van der Waals surface area contributed by atoms with Gasteiger partial charge in [-0.2, -0.15) is 0 Å². The molecule has 2 fully saturated rings. The molecule has 9 heteroatoms. The van der Waals surface area contributed by atoms with Gasteiger partial charge in [-0.3, -0.25) is 4.79 Å². The number of rotatable bonds is 7. The fraction of sp³-hybridized carbons (Fsp3) is 0.800. The van der Waals surface area contributed by atoms with Gasteiger partial charge in [0, 0.05) is 45.8 Å². The Morgan fingerprint density at radius 1 is 1.12 bits per heavy atom. The summed E-state index contributed by atoms with van der Waals surface area (Å²) in [5.74, 6) is 1.10. The number of anilines is 1. The van der Waals surface area contributed by atoms with Crippen molar-refractivity contribution in [3.05, 3.63) is 11.8 Å². The van der Waals surface area contributed by atoms with Crippen molar-refractivity contribution in [3.8, 4) is 0 Å². The van der Waals surface area contributed by atoms with Crippen LogP contribution in [0.3, 0.4) is 0 Å². The van der Waals surface area contributed by atoms with E-state index in [1.165, 1.54) is 6.42 Å². The van der Waals surface area contributed by atoms with Crippen LogP contribution < -0.4 is 4.90 Å². The molecule has 1 amide bonds. The molecular formula is C25H43N3O6. The standard InChI is InChI=1S/C22H35N3O6.C3H8/c1-22(2,3)30-20(27)17-7-6-10-25(17)19(26)14-16-13-18(23-31-16)24-11-8-15(9-12-24)21(28-4)29-5;1-3-2/h13,15,17,21H,6-12,14H2,1-5H3;3H2,1-2H3. The van der Waals surface area contributed by atoms with E-state index in [2.05, 4.69) is 23.9 Å². The number of esters is 1. The Kier molecular flexibility index (Phi) is 10.8. The van der Waals surface area contributed by atoms with Crippen molar-refractivity contribution in [2.75, 3.05) is 38.8 Å². The number of carbonyl (C=O) groups is 2. The van der Waals surface area contributed by atoms with Crippen LogP contribution in [0.15, 0.2) is 10.6 Å². The van der Waals surface area contributed by atoms with Gasteiger partial charge < -0.3 is 28.5 Å². The highest BCUT2D eigenvalue weighted by atomic mass is 16.7. The summed E-state index contributed by atoms with van der Waals surface area (Å²) < 4.78 is 21.7. The van der Waals surface area contributed by atoms with E-state index >= 15 is 0 Å². The van der Waals surface area contributed by atoms with Gasteiger partial charge in [-0.05, 0) is 46.5 Å². The highest BCUT2D eigenvalue weighted by Crippen LogP contribution is 2.27. The van der Waals surface area contributed by atoms with Crippen LogP contribution in [0.25, 0.3) is 0 Å². The van der Waals surface area contributed by atoms with E-state index in [0.717, 1.165) is 38.2 Å². The van der Waals surface area contributed by atoms with Crippen LogP contribution in [0.1, 0.15) is 72.5 Å². The summed E-state index contributed by atoms with van der Waals surface area (Å²) in [4.78, 5) is 29.1. The molecule has 2 aliphatic rings. The minimum Gasteiger partial charge on any atom is -0.458 e. The molecule has 9 nitrogen and oxygen atoms in total. The third-order valence-corrected chi connectivity index (χ3v) is 5.84. The van der Waals surface area contributed by atoms with Gasteiger partial charge in [0.2, 0.25) is 5.91 Å². The third-order valence-electron chi connectivity index (χ3n) is 5.84. The van der Waals surface area contributed by atoms with Gasteiger partial charge in [-0.25, -0.2) is 4.79 Å². The highest BCUT2D eigenvalue weighted by molar-refractivity contribution is 5.86. The predicted octanol–water partition coefficient (Wildman–Crippen LogP) is 3.80. The SMILES string of the molecule is CCC.COC(OC)C1CCN(c2cc(CC(=O)N3CCCC3C(=O)OC(C)(C)C)on2)CC1. The lowest BCUT2D eigenvalue weighted by molar-refractivity contribution is -0.163. The Bertz CT molecular complexity index is 763. The zero-order chi connectivity index (χ0) is 25.3. The van der Waals surface area contributed by atoms with Crippen molar-refractivity contribution in [2.45, 2.75) is 91.1 Å². The lowest BCUT2D eigenvalue weighted by Crippen LogP contribution is -2.44. The number of aromatic nitrogens is 1. The van der Waals surface area contributed by atoms with Crippen molar-refractivity contribution in [2.24, 2.45) is 5.92 Å². The normalized spacial score (nSPS) is 19.2. The summed E-state index contributed by atoms with van der Waals surface area (Å²) in [7, 11) is 3.32. The molecule has 0 aliphatic carbocycles. The summed E-state index contributed by atoms with van der Waals surface area (Å²) in [5.41, 5.74) is -0.575. The molecule has 34 heavy (non-hydrogen) atoms. The van der Waals surface area contributed by atoms with Gasteiger partial charge in [0.25, 0.3) is 0 Å². The zero-order valence-corrected chi connectivity index (χ0v) is 22.0. The number of hydrogen-bond donors (Lipinski definition) is 0. The molecule has 0 bridgehead atoms. The van der Waals surface area contributed by atoms with Crippen molar-refractivity contribution in [3.63, 3.8) is 0 Å². The molecule has 0 N–H and O–H groups in total. The molecule has 0 saturated carbocycles. The van der Waals surface area contributed by atoms with Crippen LogP contribution >= 0.6 is 0 Å². The summed E-state index contributed by atoms with van der Waals surface area (Å²) in [6.45, 7) is 11.9. The smallest absolute Gasteiger partial charge is 0.329 e. The van der Waals surface area contributed by atoms with Crippen LogP contribution in [0.4, 0.5) is 5.82 Å². The molecule has 0 radical (unpaired) electrons. The Balaban J connectivity index is 0.00000129. The first-order valence-corrected chi connectivity index (χ1v) is 12.4. The van der Waals surface area contributed by atoms with E-state index in [0.29, 0.717) is 24.6 Å². The first kappa shape index (κ1) is 28.1. The van der Waals surface area contributed by atoms with Gasteiger partial charge in [-0.15, -0.1) is 0 Å². The van der Waals surface area contributed by atoms with Crippen LogP contribution in [0.2, 0.25) is 0 Å². The van der Waals surface area contributed by atoms with E-state index in [-0.39, 0.29) is 24.6 Å². The van der Waals surface area contributed by atoms with Crippen molar-refractivity contribution in [1.29, 1.82) is 0 Å². The second kappa shape index (κ2) is 13.1. The molecule has 1 atom stereocenters. The van der Waals surface area contributed by atoms with Crippen molar-refractivity contribution < 1.29 is 28.3 Å². The van der Waals surface area contributed by atoms with E-state index in [9.17, 15) is 9.59 Å². The highest BCUT2D eigenvalue weighted by Gasteiger charge is 2.37. The number of piperidine rings is 1. The topological polar surface area (TPSA) is 94.3 Å². The summed E-state index contributed by atoms with van der Waals surface area (Å²) >= 11 is 0. The quantitative estimate of drug-likeness (QED) is 0.429. The molecular weight excluding hydrogens is 438 g/mol. The number of carbonyl (C=O) groups excluding carboxylic acids is 2. The monoisotopic (exact) mass is 481 g/mol. The minimum atomic E-state index is -0.575. The fourth-order valence-corrected chi connectivity index (χ4v) is 4.35. The molecule has 3 heterocycles. The molecule has 2 aliphatic heterocycles. The number of nitrogens with zero attached hydrogens (tertiary/aromatic N) is 3. The number of ether oxygens (including phenoxy) is 3. The average Bonchev–Trinajstić information content (AvgIpc) is 3.44. The summed E-state index contributed by atoms with van der Waals surface area (Å²) in [5, 5.41) is 4.16. The number of amides is 1. The van der Waals surface area contributed by atoms with Gasteiger partial charge in [0.15, 0.2) is 12.1 Å². The maximum Gasteiger partial charge on any atom is 0.329 e. The predicted molar refractivity (Wildman–Crippen MR) is 129 cm³/mol. The van der Waals surface area contributed by atoms with Crippen molar-refractivity contribution >= 4 is 17.7 Å². The lowest BCUT2D eigenvalue weighted by atomic mass is 9.96. The molecule has 1 aromatic heterocycles. The first-order valence-electron chi connectivity index (χ1n) is 12.4. The Morgan fingerprint density at radius 3 is 2.29 bits per heavy atom. The van der Waals surface area contributed by atoms with E-state index in [1.807, 2.05) is 26.8 Å². The summed E-state index contributed by atoms with van der Waals surface area (Å²) in [6.07, 6.45) is 4.42. The molecule has 1 unspecified atom stereocenters. The maximum absolute atomic E-state index is 12.9. The van der Waals surface area contributed by atoms with Gasteiger partial charge in [0.1, 0.15) is 17.4 Å². The molecule has 0 aromatic carbocycles. The fourth-order valence-electron chi connectivity index (χ4n) is 4.35. The molecule has 194 valence electrons. The van der Waals surface area contributed by atoms with E-state index in [1.54, 1.807) is 19.1 Å². The van der Waals surface area contributed by atoms with Crippen LogP contribution in [0.5, 0.6) is 0 Å². The second-order valence-corrected chi connectivity index (χ2v) is 9.98. The van der Waals surface area contributed by atoms with E-state index < -0.39 is 11.6 Å². The van der Waals surface area contributed by atoms with Gasteiger partial charge >= 0.3 is 5.97 Å². The van der Waals surface area contributed by atoms with Crippen molar-refractivity contribution in [1.82, 2.24) is 10.1 Å². The molecule has 0 spiro atoms. The number of likely N-dealkylation sites (tertiary alicyclic amines) is 1. The number of methoxy groups -OCH3 is 2. The Morgan fingerprint density at radius 2 is 1.74 bits per heavy atom. The Hall–Kier alpha value is -2.13. The second-order valence-electron chi connectivity index (χ2n) is 9.98. The van der Waals surface area contributed by atoms with Crippen LogP contribution in [-0.2, 0) is 30.2 Å². The molecule has 1 aromatic rings. The van der Waals surface area contributed by atoms with Crippen LogP contribution in [-0.4, -0.2) is 73.7 Å². The molecule has 2 saturated heterocycles. The maximum atomic E-state index is 12.9. The summed E-state index contributed by atoms with van der Waals surface area (Å²) in [6, 6.07) is 1.30. The third kappa shape index (κ3) is 7.98. The first-order chi connectivity index (χ1) is 16.1. The zero-order valence-electron chi connectivity index (χ0n) is 22.0. The average molecular weight is 482 g/mol. The van der Waals surface area contributed by atoms with E-state index in [4.69, 9.17) is 18.7 Å². The number of hydrogen-bond acceptors (Lipinski definition) is 8. The minimum absolute atomic E-state index is 0.0815. The van der Waals surface area contributed by atoms with Gasteiger partial charge in [-0.1, -0.05) is 25.4 Å². The molecule has 3 rings (SSSR count). The van der Waals surface area contributed by atoms with Crippen LogP contribution in [0, 0.1) is 5.92 Å².